The first-order valence-corrected chi connectivity index (χ1v) is 5.03. The molecule has 0 aliphatic heterocycles. The van der Waals surface area contributed by atoms with Crippen molar-refractivity contribution in [1.29, 1.82) is 0 Å². The molecule has 0 bridgehead atoms. The Morgan fingerprint density at radius 2 is 2.21 bits per heavy atom. The van der Waals surface area contributed by atoms with Gasteiger partial charge in [-0.15, -0.1) is 10.2 Å². The van der Waals surface area contributed by atoms with Crippen LogP contribution in [0.25, 0.3) is 0 Å². The van der Waals surface area contributed by atoms with Crippen LogP contribution in [0.5, 0.6) is 0 Å². The molecule has 1 aromatic heterocycles. The second-order valence-electron chi connectivity index (χ2n) is 2.66. The van der Waals surface area contributed by atoms with Gasteiger partial charge >= 0.3 is 0 Å². The summed E-state index contributed by atoms with van der Waals surface area (Å²) in [6.45, 7) is 2.78. The summed E-state index contributed by atoms with van der Waals surface area (Å²) in [6.07, 6.45) is 5.00. The Kier molecular flexibility index (Phi) is 4.70. The van der Waals surface area contributed by atoms with Gasteiger partial charge in [-0.3, -0.25) is 0 Å². The molecule has 1 aromatic rings. The Morgan fingerprint density at radius 3 is 2.93 bits per heavy atom. The van der Waals surface area contributed by atoms with E-state index in [1.54, 1.807) is 6.07 Å². The van der Waals surface area contributed by atoms with Gasteiger partial charge in [-0.05, 0) is 13.3 Å². The number of rotatable bonds is 4. The Morgan fingerprint density at radius 1 is 1.43 bits per heavy atom. The number of anilines is 1. The lowest BCUT2D eigenvalue weighted by atomic mass is 10.3. The van der Waals surface area contributed by atoms with Gasteiger partial charge < -0.3 is 5.32 Å². The minimum Gasteiger partial charge on any atom is -0.382 e. The Bertz CT molecular complexity index is 326. The third kappa shape index (κ3) is 3.52. The fraction of sp³-hybridized carbons (Fsp3) is 0.333. The van der Waals surface area contributed by atoms with Crippen LogP contribution in [0.15, 0.2) is 18.2 Å². The van der Waals surface area contributed by atoms with Crippen molar-refractivity contribution in [3.63, 3.8) is 0 Å². The third-order valence-corrected chi connectivity index (χ3v) is 2.05. The molecular formula is C9H11Cl2N3. The molecule has 0 spiro atoms. The van der Waals surface area contributed by atoms with E-state index in [1.165, 1.54) is 0 Å². The van der Waals surface area contributed by atoms with Crippen LogP contribution in [0.3, 0.4) is 0 Å². The van der Waals surface area contributed by atoms with Crippen LogP contribution < -0.4 is 5.32 Å². The van der Waals surface area contributed by atoms with E-state index in [2.05, 4.69) is 21.6 Å². The normalized spacial score (nSPS) is 10.8. The molecule has 0 amide bonds. The molecule has 0 radical (unpaired) electrons. The average molecular weight is 232 g/mol. The van der Waals surface area contributed by atoms with Gasteiger partial charge in [0.15, 0.2) is 10.3 Å². The maximum atomic E-state index is 5.80. The van der Waals surface area contributed by atoms with E-state index in [0.717, 1.165) is 18.7 Å². The van der Waals surface area contributed by atoms with Crippen molar-refractivity contribution in [3.05, 3.63) is 28.5 Å². The first-order chi connectivity index (χ1) is 6.74. The summed E-state index contributed by atoms with van der Waals surface area (Å²) in [4.78, 5) is 0. The summed E-state index contributed by atoms with van der Waals surface area (Å²) < 4.78 is 0. The Balaban J connectivity index is 2.53. The van der Waals surface area contributed by atoms with Gasteiger partial charge in [-0.25, -0.2) is 0 Å². The monoisotopic (exact) mass is 231 g/mol. The molecule has 5 heteroatoms. The molecule has 0 fully saturated rings. The molecule has 1 rings (SSSR count). The molecule has 14 heavy (non-hydrogen) atoms. The largest absolute Gasteiger partial charge is 0.382 e. The lowest BCUT2D eigenvalue weighted by molar-refractivity contribution is 1.01. The molecule has 0 atom stereocenters. The van der Waals surface area contributed by atoms with Gasteiger partial charge in [0.2, 0.25) is 0 Å². The Labute approximate surface area is 93.1 Å². The maximum Gasteiger partial charge on any atom is 0.174 e. The highest BCUT2D eigenvalue weighted by Gasteiger charge is 2.02. The van der Waals surface area contributed by atoms with Gasteiger partial charge in [0.1, 0.15) is 0 Å². The maximum absolute atomic E-state index is 5.80. The fourth-order valence-corrected chi connectivity index (χ4v) is 1.24. The number of halogens is 2. The van der Waals surface area contributed by atoms with E-state index in [1.807, 2.05) is 13.0 Å². The molecular weight excluding hydrogens is 221 g/mol. The standard InChI is InChI=1S/C9H11Cl2N3/c1-2-3-4-5-12-7-6-8(10)13-14-9(7)11/h2-3,6H,4-5H2,1H3,(H,12,13)/b3-2+. The van der Waals surface area contributed by atoms with Crippen LogP contribution >= 0.6 is 23.2 Å². The first-order valence-electron chi connectivity index (χ1n) is 4.28. The lowest BCUT2D eigenvalue weighted by Crippen LogP contribution is -2.02. The molecule has 0 aromatic carbocycles. The van der Waals surface area contributed by atoms with E-state index in [4.69, 9.17) is 23.2 Å². The van der Waals surface area contributed by atoms with Crippen molar-refractivity contribution in [2.24, 2.45) is 0 Å². The van der Waals surface area contributed by atoms with Gasteiger partial charge in [0, 0.05) is 12.6 Å². The minimum absolute atomic E-state index is 0.336. The van der Waals surface area contributed by atoms with Crippen molar-refractivity contribution in [2.45, 2.75) is 13.3 Å². The topological polar surface area (TPSA) is 37.8 Å². The summed E-state index contributed by atoms with van der Waals surface area (Å²) in [5.74, 6) is 0. The average Bonchev–Trinajstić information content (AvgIpc) is 2.18. The van der Waals surface area contributed by atoms with E-state index in [-0.39, 0.29) is 0 Å². The first kappa shape index (κ1) is 11.3. The molecule has 76 valence electrons. The molecule has 0 unspecified atom stereocenters. The second kappa shape index (κ2) is 5.83. The zero-order chi connectivity index (χ0) is 10.4. The number of aromatic nitrogens is 2. The predicted octanol–water partition coefficient (Wildman–Crippen LogP) is 3.16. The summed E-state index contributed by atoms with van der Waals surface area (Å²) in [7, 11) is 0. The fourth-order valence-electron chi connectivity index (χ4n) is 0.934. The molecule has 0 saturated carbocycles. The van der Waals surface area contributed by atoms with E-state index in [9.17, 15) is 0 Å². The van der Waals surface area contributed by atoms with Crippen molar-refractivity contribution in [2.75, 3.05) is 11.9 Å². The van der Waals surface area contributed by atoms with Crippen molar-refractivity contribution in [3.8, 4) is 0 Å². The highest BCUT2D eigenvalue weighted by atomic mass is 35.5. The van der Waals surface area contributed by atoms with Crippen LogP contribution in [0.4, 0.5) is 5.69 Å². The molecule has 1 heterocycles. The van der Waals surface area contributed by atoms with Crippen molar-refractivity contribution in [1.82, 2.24) is 10.2 Å². The zero-order valence-electron chi connectivity index (χ0n) is 7.80. The quantitative estimate of drug-likeness (QED) is 0.640. The molecule has 3 nitrogen and oxygen atoms in total. The van der Waals surface area contributed by atoms with Gasteiger partial charge in [0.05, 0.1) is 5.69 Å². The zero-order valence-corrected chi connectivity index (χ0v) is 9.31. The van der Waals surface area contributed by atoms with Crippen LogP contribution in [0.2, 0.25) is 10.3 Å². The van der Waals surface area contributed by atoms with Gasteiger partial charge in [-0.2, -0.15) is 0 Å². The SMILES string of the molecule is C/C=C/CCNc1cc(Cl)nnc1Cl. The smallest absolute Gasteiger partial charge is 0.174 e. The highest BCUT2D eigenvalue weighted by molar-refractivity contribution is 6.33. The highest BCUT2D eigenvalue weighted by Crippen LogP contribution is 2.20. The number of hydrogen-bond donors (Lipinski definition) is 1. The minimum atomic E-state index is 0.336. The van der Waals surface area contributed by atoms with E-state index >= 15 is 0 Å². The van der Waals surface area contributed by atoms with E-state index < -0.39 is 0 Å². The summed E-state index contributed by atoms with van der Waals surface area (Å²) in [5, 5.41) is 11.1. The van der Waals surface area contributed by atoms with Crippen LogP contribution in [-0.2, 0) is 0 Å². The summed E-state index contributed by atoms with van der Waals surface area (Å²) >= 11 is 11.5. The predicted molar refractivity (Wildman–Crippen MR) is 60.0 cm³/mol. The number of nitrogens with zero attached hydrogens (tertiary/aromatic N) is 2. The number of nitrogens with one attached hydrogen (secondary N) is 1. The van der Waals surface area contributed by atoms with Gasteiger partial charge in [0.25, 0.3) is 0 Å². The number of allylic oxidation sites excluding steroid dienone is 1. The Hall–Kier alpha value is -0.800. The van der Waals surface area contributed by atoms with Crippen LogP contribution in [-0.4, -0.2) is 16.7 Å². The van der Waals surface area contributed by atoms with Crippen LogP contribution in [0, 0.1) is 0 Å². The molecule has 0 saturated heterocycles. The van der Waals surface area contributed by atoms with E-state index in [0.29, 0.717) is 10.3 Å². The van der Waals surface area contributed by atoms with Gasteiger partial charge in [-0.1, -0.05) is 35.4 Å². The lowest BCUT2D eigenvalue weighted by Gasteiger charge is -2.05. The number of hydrogen-bond acceptors (Lipinski definition) is 3. The summed E-state index contributed by atoms with van der Waals surface area (Å²) in [6, 6.07) is 1.66. The summed E-state index contributed by atoms with van der Waals surface area (Å²) in [5.41, 5.74) is 0.719. The van der Waals surface area contributed by atoms with Crippen molar-refractivity contribution < 1.29 is 0 Å². The second-order valence-corrected chi connectivity index (χ2v) is 3.40. The van der Waals surface area contributed by atoms with Crippen LogP contribution in [0.1, 0.15) is 13.3 Å². The third-order valence-electron chi connectivity index (χ3n) is 1.58. The molecule has 1 N–H and O–H groups in total. The molecule has 0 aliphatic carbocycles. The van der Waals surface area contributed by atoms with Crippen molar-refractivity contribution >= 4 is 28.9 Å². The molecule has 0 aliphatic rings.